The maximum atomic E-state index is 12.2. The Hall–Kier alpha value is -1.77. The third-order valence-electron chi connectivity index (χ3n) is 3.61. The Labute approximate surface area is 106 Å². The van der Waals surface area contributed by atoms with E-state index >= 15 is 0 Å². The number of likely N-dealkylation sites (tertiary alicyclic amines) is 1. The molecule has 94 valence electrons. The molecular formula is C15H17NO2. The fourth-order valence-corrected chi connectivity index (χ4v) is 2.59. The number of furan rings is 1. The molecule has 0 spiro atoms. The maximum absolute atomic E-state index is 12.2. The second-order valence-corrected chi connectivity index (χ2v) is 4.88. The van der Waals surface area contributed by atoms with Crippen molar-refractivity contribution in [2.24, 2.45) is 0 Å². The highest BCUT2D eigenvalue weighted by Crippen LogP contribution is 2.22. The first-order valence-electron chi connectivity index (χ1n) is 6.57. The predicted octanol–water partition coefficient (Wildman–Crippen LogP) is 2.99. The van der Waals surface area contributed by atoms with Gasteiger partial charge in [0.25, 0.3) is 0 Å². The number of nitrogens with zero attached hydrogens (tertiary/aromatic N) is 1. The SMILES string of the molecule is O=C(Cc1coc2ccccc12)N1CCCCC1. The summed E-state index contributed by atoms with van der Waals surface area (Å²) in [7, 11) is 0. The summed E-state index contributed by atoms with van der Waals surface area (Å²) in [4.78, 5) is 14.2. The van der Waals surface area contributed by atoms with Crippen LogP contribution >= 0.6 is 0 Å². The molecule has 1 saturated heterocycles. The van der Waals surface area contributed by atoms with Gasteiger partial charge in [0.2, 0.25) is 5.91 Å². The van der Waals surface area contributed by atoms with Crippen LogP contribution in [0, 0.1) is 0 Å². The van der Waals surface area contributed by atoms with Crippen molar-refractivity contribution >= 4 is 16.9 Å². The molecule has 2 heterocycles. The minimum Gasteiger partial charge on any atom is -0.464 e. The van der Waals surface area contributed by atoms with E-state index in [4.69, 9.17) is 4.42 Å². The topological polar surface area (TPSA) is 33.5 Å². The summed E-state index contributed by atoms with van der Waals surface area (Å²) in [5.41, 5.74) is 1.86. The number of amides is 1. The molecule has 0 saturated carbocycles. The van der Waals surface area contributed by atoms with E-state index < -0.39 is 0 Å². The van der Waals surface area contributed by atoms with Crippen LogP contribution < -0.4 is 0 Å². The highest BCUT2D eigenvalue weighted by Gasteiger charge is 2.18. The Morgan fingerprint density at radius 3 is 2.78 bits per heavy atom. The van der Waals surface area contributed by atoms with Crippen LogP contribution in [-0.2, 0) is 11.2 Å². The lowest BCUT2D eigenvalue weighted by atomic mass is 10.1. The molecule has 3 nitrogen and oxygen atoms in total. The van der Waals surface area contributed by atoms with Gasteiger partial charge < -0.3 is 9.32 Å². The fraction of sp³-hybridized carbons (Fsp3) is 0.400. The molecule has 1 aromatic carbocycles. The average molecular weight is 243 g/mol. The quantitative estimate of drug-likeness (QED) is 0.812. The molecular weight excluding hydrogens is 226 g/mol. The normalized spacial score (nSPS) is 16.1. The van der Waals surface area contributed by atoms with Gasteiger partial charge in [-0.3, -0.25) is 4.79 Å². The fourth-order valence-electron chi connectivity index (χ4n) is 2.59. The van der Waals surface area contributed by atoms with E-state index in [-0.39, 0.29) is 5.91 Å². The van der Waals surface area contributed by atoms with E-state index in [1.54, 1.807) is 6.26 Å². The third-order valence-corrected chi connectivity index (χ3v) is 3.61. The predicted molar refractivity (Wildman–Crippen MR) is 70.3 cm³/mol. The minimum atomic E-state index is 0.223. The molecule has 0 bridgehead atoms. The van der Waals surface area contributed by atoms with Crippen molar-refractivity contribution in [3.63, 3.8) is 0 Å². The van der Waals surface area contributed by atoms with Gasteiger partial charge in [-0.05, 0) is 25.3 Å². The highest BCUT2D eigenvalue weighted by atomic mass is 16.3. The number of para-hydroxylation sites is 1. The zero-order valence-electron chi connectivity index (χ0n) is 10.4. The van der Waals surface area contributed by atoms with Crippen LogP contribution in [0.5, 0.6) is 0 Å². The van der Waals surface area contributed by atoms with Crippen LogP contribution in [-0.4, -0.2) is 23.9 Å². The number of rotatable bonds is 2. The van der Waals surface area contributed by atoms with Crippen LogP contribution in [0.1, 0.15) is 24.8 Å². The Morgan fingerprint density at radius 2 is 1.94 bits per heavy atom. The zero-order chi connectivity index (χ0) is 12.4. The molecule has 1 amide bonds. The monoisotopic (exact) mass is 243 g/mol. The number of piperidine rings is 1. The summed E-state index contributed by atoms with van der Waals surface area (Å²) in [6.07, 6.45) is 5.69. The molecule has 0 N–H and O–H groups in total. The van der Waals surface area contributed by atoms with E-state index in [2.05, 4.69) is 0 Å². The number of hydrogen-bond acceptors (Lipinski definition) is 2. The van der Waals surface area contributed by atoms with Crippen molar-refractivity contribution in [2.45, 2.75) is 25.7 Å². The molecule has 1 aliphatic rings. The second kappa shape index (κ2) is 4.84. The molecule has 1 fully saturated rings. The Kier molecular flexibility index (Phi) is 3.05. The van der Waals surface area contributed by atoms with Gasteiger partial charge in [0.05, 0.1) is 12.7 Å². The lowest BCUT2D eigenvalue weighted by Gasteiger charge is -2.26. The van der Waals surface area contributed by atoms with E-state index in [9.17, 15) is 4.79 Å². The zero-order valence-corrected chi connectivity index (χ0v) is 10.4. The van der Waals surface area contributed by atoms with Crippen LogP contribution in [0.15, 0.2) is 34.9 Å². The standard InChI is InChI=1S/C15H17NO2/c17-15(16-8-4-1-5-9-16)10-12-11-18-14-7-3-2-6-13(12)14/h2-3,6-7,11H,1,4-5,8-10H2. The van der Waals surface area contributed by atoms with Crippen LogP contribution in [0.3, 0.4) is 0 Å². The van der Waals surface area contributed by atoms with Crippen molar-refractivity contribution in [2.75, 3.05) is 13.1 Å². The molecule has 18 heavy (non-hydrogen) atoms. The van der Waals surface area contributed by atoms with Crippen molar-refractivity contribution in [3.8, 4) is 0 Å². The summed E-state index contributed by atoms with van der Waals surface area (Å²) in [5.74, 6) is 0.223. The van der Waals surface area contributed by atoms with E-state index in [0.29, 0.717) is 6.42 Å². The molecule has 3 heteroatoms. The molecule has 1 aromatic heterocycles. The summed E-state index contributed by atoms with van der Waals surface area (Å²) in [5, 5.41) is 1.06. The average Bonchev–Trinajstić information content (AvgIpc) is 2.83. The number of carbonyl (C=O) groups excluding carboxylic acids is 1. The number of benzene rings is 1. The van der Waals surface area contributed by atoms with Gasteiger partial charge in [-0.2, -0.15) is 0 Å². The van der Waals surface area contributed by atoms with Crippen molar-refractivity contribution < 1.29 is 9.21 Å². The highest BCUT2D eigenvalue weighted by molar-refractivity contribution is 5.87. The van der Waals surface area contributed by atoms with Gasteiger partial charge >= 0.3 is 0 Å². The van der Waals surface area contributed by atoms with E-state index in [1.807, 2.05) is 29.2 Å². The molecule has 0 radical (unpaired) electrons. The Balaban J connectivity index is 1.77. The van der Waals surface area contributed by atoms with Crippen LogP contribution in [0.25, 0.3) is 11.0 Å². The van der Waals surface area contributed by atoms with Crippen molar-refractivity contribution in [1.82, 2.24) is 4.90 Å². The molecule has 0 aliphatic carbocycles. The maximum Gasteiger partial charge on any atom is 0.227 e. The Morgan fingerprint density at radius 1 is 1.17 bits per heavy atom. The molecule has 2 aromatic rings. The molecule has 3 rings (SSSR count). The summed E-state index contributed by atoms with van der Waals surface area (Å²) in [6.45, 7) is 1.82. The summed E-state index contributed by atoms with van der Waals surface area (Å²) < 4.78 is 5.47. The lowest BCUT2D eigenvalue weighted by molar-refractivity contribution is -0.131. The van der Waals surface area contributed by atoms with Crippen molar-refractivity contribution in [3.05, 3.63) is 36.1 Å². The van der Waals surface area contributed by atoms with Crippen molar-refractivity contribution in [1.29, 1.82) is 0 Å². The first-order valence-corrected chi connectivity index (χ1v) is 6.57. The van der Waals surface area contributed by atoms with Gasteiger partial charge in [0.15, 0.2) is 0 Å². The van der Waals surface area contributed by atoms with E-state index in [0.717, 1.165) is 42.5 Å². The second-order valence-electron chi connectivity index (χ2n) is 4.88. The lowest BCUT2D eigenvalue weighted by Crippen LogP contribution is -2.36. The first-order chi connectivity index (χ1) is 8.84. The molecule has 1 aliphatic heterocycles. The smallest absolute Gasteiger partial charge is 0.227 e. The minimum absolute atomic E-state index is 0.223. The number of fused-ring (bicyclic) bond motifs is 1. The first kappa shape index (κ1) is 11.3. The van der Waals surface area contributed by atoms with Gasteiger partial charge in [-0.15, -0.1) is 0 Å². The van der Waals surface area contributed by atoms with Gasteiger partial charge in [0, 0.05) is 24.0 Å². The molecule has 0 unspecified atom stereocenters. The number of carbonyl (C=O) groups is 1. The van der Waals surface area contributed by atoms with Crippen LogP contribution in [0.2, 0.25) is 0 Å². The van der Waals surface area contributed by atoms with Gasteiger partial charge in [-0.25, -0.2) is 0 Å². The van der Waals surface area contributed by atoms with Gasteiger partial charge in [0.1, 0.15) is 5.58 Å². The van der Waals surface area contributed by atoms with Crippen LogP contribution in [0.4, 0.5) is 0 Å². The third kappa shape index (κ3) is 2.13. The van der Waals surface area contributed by atoms with E-state index in [1.165, 1.54) is 6.42 Å². The number of hydrogen-bond donors (Lipinski definition) is 0. The summed E-state index contributed by atoms with van der Waals surface area (Å²) >= 11 is 0. The Bertz CT molecular complexity index is 552. The largest absolute Gasteiger partial charge is 0.464 e. The summed E-state index contributed by atoms with van der Waals surface area (Å²) in [6, 6.07) is 7.87. The molecule has 0 atom stereocenters. The van der Waals surface area contributed by atoms with Gasteiger partial charge in [-0.1, -0.05) is 18.2 Å².